The van der Waals surface area contributed by atoms with Gasteiger partial charge in [-0.3, -0.25) is 4.90 Å². The van der Waals surface area contributed by atoms with Crippen molar-refractivity contribution in [2.24, 2.45) is 5.92 Å². The van der Waals surface area contributed by atoms with Crippen molar-refractivity contribution >= 4 is 11.6 Å². The van der Waals surface area contributed by atoms with Crippen molar-refractivity contribution in [1.82, 2.24) is 4.90 Å². The highest BCUT2D eigenvalue weighted by atomic mass is 35.5. The van der Waals surface area contributed by atoms with E-state index in [1.54, 1.807) is 0 Å². The topological polar surface area (TPSA) is 23.5 Å². The molecule has 0 aromatic heterocycles. The van der Waals surface area contributed by atoms with Crippen LogP contribution in [0.15, 0.2) is 36.4 Å². The summed E-state index contributed by atoms with van der Waals surface area (Å²) in [5.74, 6) is 0.350. The average molecular weight is 280 g/mol. The number of rotatable bonds is 4. The van der Waals surface area contributed by atoms with Gasteiger partial charge < -0.3 is 5.11 Å². The van der Waals surface area contributed by atoms with Gasteiger partial charge >= 0.3 is 0 Å². The molecule has 0 saturated carbocycles. The Morgan fingerprint density at radius 3 is 2.47 bits per heavy atom. The summed E-state index contributed by atoms with van der Waals surface area (Å²) >= 11 is 5.87. The predicted octanol–water partition coefficient (Wildman–Crippen LogP) is 3.66. The first-order valence-electron chi connectivity index (χ1n) is 6.86. The van der Waals surface area contributed by atoms with Gasteiger partial charge in [-0.05, 0) is 56.5 Å². The zero-order valence-corrected chi connectivity index (χ0v) is 12.2. The number of hydrogen-bond donors (Lipinski definition) is 1. The molecule has 0 spiro atoms. The van der Waals surface area contributed by atoms with Gasteiger partial charge in [0.15, 0.2) is 0 Å². The van der Waals surface area contributed by atoms with E-state index in [-0.39, 0.29) is 6.10 Å². The Bertz CT molecular complexity index is 421. The molecule has 1 saturated heterocycles. The van der Waals surface area contributed by atoms with Crippen LogP contribution >= 0.6 is 11.6 Å². The number of nitrogens with zero attached hydrogens (tertiary/aromatic N) is 1. The molecule has 19 heavy (non-hydrogen) atoms. The second-order valence-corrected chi connectivity index (χ2v) is 6.00. The minimum absolute atomic E-state index is 0.350. The fraction of sp³-hybridized carbons (Fsp3) is 0.500. The largest absolute Gasteiger partial charge is 0.388 e. The van der Waals surface area contributed by atoms with Gasteiger partial charge in [-0.1, -0.05) is 35.9 Å². The van der Waals surface area contributed by atoms with E-state index in [0.717, 1.165) is 38.0 Å². The van der Waals surface area contributed by atoms with Crippen LogP contribution in [0.25, 0.3) is 0 Å². The first-order valence-corrected chi connectivity index (χ1v) is 7.24. The Labute approximate surface area is 120 Å². The lowest BCUT2D eigenvalue weighted by molar-refractivity contribution is 0.0615. The predicted molar refractivity (Wildman–Crippen MR) is 80.4 cm³/mol. The molecule has 0 radical (unpaired) electrons. The highest BCUT2D eigenvalue weighted by Gasteiger charge is 2.25. The van der Waals surface area contributed by atoms with Gasteiger partial charge in [0.05, 0.1) is 6.10 Å². The van der Waals surface area contributed by atoms with E-state index in [0.29, 0.717) is 10.9 Å². The molecule has 1 unspecified atom stereocenters. The van der Waals surface area contributed by atoms with Gasteiger partial charge in [-0.15, -0.1) is 0 Å². The summed E-state index contributed by atoms with van der Waals surface area (Å²) in [4.78, 5) is 2.41. The molecule has 1 aliphatic rings. The fourth-order valence-corrected chi connectivity index (χ4v) is 2.87. The maximum absolute atomic E-state index is 10.4. The second-order valence-electron chi connectivity index (χ2n) is 5.57. The summed E-state index contributed by atoms with van der Waals surface area (Å²) < 4.78 is 0. The lowest BCUT2D eigenvalue weighted by Crippen LogP contribution is -2.36. The van der Waals surface area contributed by atoms with Crippen molar-refractivity contribution in [3.8, 4) is 0 Å². The van der Waals surface area contributed by atoms with E-state index in [4.69, 9.17) is 11.6 Å². The molecular formula is C16H22ClNO. The van der Waals surface area contributed by atoms with Crippen LogP contribution in [0.3, 0.4) is 0 Å². The van der Waals surface area contributed by atoms with Gasteiger partial charge in [0, 0.05) is 11.6 Å². The van der Waals surface area contributed by atoms with Gasteiger partial charge in [0.2, 0.25) is 0 Å². The quantitative estimate of drug-likeness (QED) is 0.850. The minimum atomic E-state index is -0.371. The third kappa shape index (κ3) is 4.07. The summed E-state index contributed by atoms with van der Waals surface area (Å²) in [6.45, 7) is 9.08. The number of aliphatic hydroxyl groups excluding tert-OH is 1. The monoisotopic (exact) mass is 279 g/mol. The maximum Gasteiger partial charge on any atom is 0.0819 e. The molecule has 1 heterocycles. The zero-order valence-electron chi connectivity index (χ0n) is 11.5. The van der Waals surface area contributed by atoms with Crippen molar-refractivity contribution < 1.29 is 5.11 Å². The Morgan fingerprint density at radius 1 is 1.37 bits per heavy atom. The first-order chi connectivity index (χ1) is 9.06. The van der Waals surface area contributed by atoms with Gasteiger partial charge in [0.25, 0.3) is 0 Å². The number of piperidine rings is 1. The van der Waals surface area contributed by atoms with Crippen LogP contribution in [0.2, 0.25) is 5.02 Å². The molecule has 0 bridgehead atoms. The van der Waals surface area contributed by atoms with Crippen LogP contribution in [0.4, 0.5) is 0 Å². The molecule has 2 rings (SSSR count). The van der Waals surface area contributed by atoms with E-state index in [1.165, 1.54) is 5.57 Å². The van der Waals surface area contributed by atoms with Gasteiger partial charge in [-0.2, -0.15) is 0 Å². The normalized spacial score (nSPS) is 19.3. The molecule has 1 fully saturated rings. The molecule has 1 aliphatic heterocycles. The summed E-state index contributed by atoms with van der Waals surface area (Å²) in [5.41, 5.74) is 2.18. The lowest BCUT2D eigenvalue weighted by atomic mass is 9.87. The van der Waals surface area contributed by atoms with Crippen molar-refractivity contribution in [3.05, 3.63) is 47.0 Å². The highest BCUT2D eigenvalue weighted by molar-refractivity contribution is 6.30. The summed E-state index contributed by atoms with van der Waals surface area (Å²) in [6, 6.07) is 7.53. The van der Waals surface area contributed by atoms with Crippen molar-refractivity contribution in [1.29, 1.82) is 0 Å². The number of likely N-dealkylation sites (tertiary alicyclic amines) is 1. The summed E-state index contributed by atoms with van der Waals surface area (Å²) in [7, 11) is 0. The van der Waals surface area contributed by atoms with E-state index in [9.17, 15) is 5.11 Å². The van der Waals surface area contributed by atoms with E-state index in [1.807, 2.05) is 24.3 Å². The molecule has 0 amide bonds. The summed E-state index contributed by atoms with van der Waals surface area (Å²) in [6.07, 6.45) is 1.71. The second kappa shape index (κ2) is 6.56. The molecule has 1 aromatic carbocycles. The van der Waals surface area contributed by atoms with E-state index in [2.05, 4.69) is 18.4 Å². The Hall–Kier alpha value is -0.830. The minimum Gasteiger partial charge on any atom is -0.388 e. The van der Waals surface area contributed by atoms with Crippen LogP contribution in [0, 0.1) is 5.92 Å². The molecule has 0 aliphatic carbocycles. The molecule has 2 nitrogen and oxygen atoms in total. The highest BCUT2D eigenvalue weighted by Crippen LogP contribution is 2.31. The Balaban J connectivity index is 1.90. The lowest BCUT2D eigenvalue weighted by Gasteiger charge is -2.34. The first kappa shape index (κ1) is 14.6. The molecular weight excluding hydrogens is 258 g/mol. The van der Waals surface area contributed by atoms with Crippen LogP contribution in [0.1, 0.15) is 31.4 Å². The number of hydrogen-bond acceptors (Lipinski definition) is 2. The summed E-state index contributed by atoms with van der Waals surface area (Å²) in [5, 5.41) is 11.1. The van der Waals surface area contributed by atoms with Crippen LogP contribution in [-0.4, -0.2) is 29.6 Å². The Morgan fingerprint density at radius 2 is 1.95 bits per heavy atom. The van der Waals surface area contributed by atoms with Crippen molar-refractivity contribution in [3.63, 3.8) is 0 Å². The molecule has 1 aromatic rings. The standard InChI is InChI=1S/C16H22ClNO/c1-12(2)11-18-9-7-14(8-10-18)16(19)13-3-5-15(17)6-4-13/h3-6,14,16,19H,1,7-11H2,2H3. The Kier molecular flexibility index (Phi) is 5.03. The molecule has 104 valence electrons. The van der Waals surface area contributed by atoms with Gasteiger partial charge in [0.1, 0.15) is 0 Å². The number of aliphatic hydroxyl groups is 1. The number of halogens is 1. The zero-order chi connectivity index (χ0) is 13.8. The maximum atomic E-state index is 10.4. The smallest absolute Gasteiger partial charge is 0.0819 e. The molecule has 3 heteroatoms. The third-order valence-corrected chi connectivity index (χ3v) is 4.04. The van der Waals surface area contributed by atoms with Crippen molar-refractivity contribution in [2.45, 2.75) is 25.9 Å². The van der Waals surface area contributed by atoms with E-state index >= 15 is 0 Å². The number of benzene rings is 1. The van der Waals surface area contributed by atoms with Crippen LogP contribution in [0.5, 0.6) is 0 Å². The van der Waals surface area contributed by atoms with Gasteiger partial charge in [-0.25, -0.2) is 0 Å². The fourth-order valence-electron chi connectivity index (χ4n) is 2.74. The SMILES string of the molecule is C=C(C)CN1CCC(C(O)c2ccc(Cl)cc2)CC1. The van der Waals surface area contributed by atoms with Crippen molar-refractivity contribution in [2.75, 3.05) is 19.6 Å². The van der Waals surface area contributed by atoms with E-state index < -0.39 is 0 Å². The van der Waals surface area contributed by atoms with Crippen LogP contribution in [-0.2, 0) is 0 Å². The average Bonchev–Trinajstić information content (AvgIpc) is 2.39. The molecule has 1 N–H and O–H groups in total. The van der Waals surface area contributed by atoms with Crippen LogP contribution < -0.4 is 0 Å². The third-order valence-electron chi connectivity index (χ3n) is 3.78. The molecule has 1 atom stereocenters.